The van der Waals surface area contributed by atoms with Crippen molar-refractivity contribution in [3.63, 3.8) is 0 Å². The maximum Gasteiger partial charge on any atom is 0.211 e. The molecule has 21 heavy (non-hydrogen) atoms. The van der Waals surface area contributed by atoms with Crippen molar-refractivity contribution >= 4 is 25.1 Å². The fourth-order valence-corrected chi connectivity index (χ4v) is 2.78. The molecule has 0 aliphatic heterocycles. The van der Waals surface area contributed by atoms with Gasteiger partial charge in [0.15, 0.2) is 0 Å². The second kappa shape index (κ2) is 7.52. The van der Waals surface area contributed by atoms with Crippen molar-refractivity contribution in [3.8, 4) is 0 Å². The molecular formula is C15H20ClNO3Si. The van der Waals surface area contributed by atoms with Crippen LogP contribution >= 0.6 is 11.6 Å². The van der Waals surface area contributed by atoms with Gasteiger partial charge in [-0.1, -0.05) is 55.5 Å². The highest BCUT2D eigenvalue weighted by Gasteiger charge is 2.22. The van der Waals surface area contributed by atoms with E-state index in [1.807, 2.05) is 25.7 Å². The predicted molar refractivity (Wildman–Crippen MR) is 88.2 cm³/mol. The summed E-state index contributed by atoms with van der Waals surface area (Å²) in [4.78, 5) is 22.4. The van der Waals surface area contributed by atoms with E-state index in [2.05, 4.69) is 0 Å². The second-order valence-corrected chi connectivity index (χ2v) is 11.4. The van der Waals surface area contributed by atoms with E-state index >= 15 is 0 Å². The smallest absolute Gasteiger partial charge is 0.211 e. The van der Waals surface area contributed by atoms with Crippen LogP contribution in [0.3, 0.4) is 0 Å². The molecule has 0 aliphatic carbocycles. The van der Waals surface area contributed by atoms with Gasteiger partial charge in [0.1, 0.15) is 13.5 Å². The van der Waals surface area contributed by atoms with Crippen LogP contribution < -0.4 is 0 Å². The number of hydrogen-bond donors (Lipinski definition) is 0. The van der Waals surface area contributed by atoms with Gasteiger partial charge in [0, 0.05) is 9.95 Å². The van der Waals surface area contributed by atoms with Crippen molar-refractivity contribution in [2.24, 2.45) is 0 Å². The molecule has 0 heterocycles. The lowest BCUT2D eigenvalue weighted by atomic mass is 9.95. The SMILES string of the molecule is C[Si](C)(C)C(=O)/C=C/CC(C[N+](=O)[O-])c1ccccc1Cl. The summed E-state index contributed by atoms with van der Waals surface area (Å²) in [5.74, 6) is -0.320. The van der Waals surface area contributed by atoms with Crippen LogP contribution in [0.5, 0.6) is 0 Å². The zero-order valence-corrected chi connectivity index (χ0v) is 14.3. The summed E-state index contributed by atoms with van der Waals surface area (Å²) in [5.41, 5.74) is 0.751. The van der Waals surface area contributed by atoms with Crippen LogP contribution in [0, 0.1) is 10.1 Å². The molecule has 1 aromatic carbocycles. The average Bonchev–Trinajstić information content (AvgIpc) is 2.36. The average molecular weight is 326 g/mol. The Hall–Kier alpha value is -1.46. The minimum Gasteiger partial charge on any atom is -0.301 e. The van der Waals surface area contributed by atoms with Gasteiger partial charge in [0.2, 0.25) is 6.54 Å². The minimum absolute atomic E-state index is 0.140. The third kappa shape index (κ3) is 5.81. The summed E-state index contributed by atoms with van der Waals surface area (Å²) in [6.07, 6.45) is 3.73. The lowest BCUT2D eigenvalue weighted by Gasteiger charge is -2.13. The van der Waals surface area contributed by atoms with Crippen molar-refractivity contribution in [2.75, 3.05) is 6.54 Å². The van der Waals surface area contributed by atoms with E-state index in [4.69, 9.17) is 11.6 Å². The second-order valence-electron chi connectivity index (χ2n) is 5.99. The largest absolute Gasteiger partial charge is 0.301 e. The molecule has 6 heteroatoms. The summed E-state index contributed by atoms with van der Waals surface area (Å²) >= 11 is 6.11. The summed E-state index contributed by atoms with van der Waals surface area (Å²) in [7, 11) is -1.84. The molecule has 0 aromatic heterocycles. The predicted octanol–water partition coefficient (Wildman–Crippen LogP) is 4.09. The maximum absolute atomic E-state index is 11.9. The fraction of sp³-hybridized carbons (Fsp3) is 0.400. The molecule has 0 N–H and O–H groups in total. The third-order valence-electron chi connectivity index (χ3n) is 3.14. The molecule has 1 aromatic rings. The van der Waals surface area contributed by atoms with Gasteiger partial charge in [-0.05, 0) is 24.1 Å². The van der Waals surface area contributed by atoms with Gasteiger partial charge in [-0.15, -0.1) is 0 Å². The van der Waals surface area contributed by atoms with E-state index in [1.165, 1.54) is 0 Å². The van der Waals surface area contributed by atoms with E-state index in [0.29, 0.717) is 11.4 Å². The molecule has 0 radical (unpaired) electrons. The maximum atomic E-state index is 11.9. The fourth-order valence-electron chi connectivity index (χ4n) is 1.88. The molecule has 0 fully saturated rings. The molecule has 1 atom stereocenters. The standard InChI is InChI=1S/C15H20ClNO3Si/c1-21(2,3)15(18)10-6-7-12(11-17(19)20)13-8-4-5-9-14(13)16/h4-6,8-10,12H,7,11H2,1-3H3/b10-6+. The molecular weight excluding hydrogens is 306 g/mol. The Kier molecular flexibility index (Phi) is 6.30. The number of hydrogen-bond acceptors (Lipinski definition) is 3. The number of nitro groups is 1. The molecule has 0 bridgehead atoms. The first-order valence-corrected chi connectivity index (χ1v) is 10.7. The lowest BCUT2D eigenvalue weighted by Crippen LogP contribution is -2.31. The quantitative estimate of drug-likeness (QED) is 0.328. The van der Waals surface area contributed by atoms with E-state index in [-0.39, 0.29) is 22.8 Å². The molecule has 0 amide bonds. The van der Waals surface area contributed by atoms with Gasteiger partial charge >= 0.3 is 0 Å². The Morgan fingerprint density at radius 3 is 2.52 bits per heavy atom. The first kappa shape index (κ1) is 17.6. The van der Waals surface area contributed by atoms with Crippen molar-refractivity contribution < 1.29 is 9.72 Å². The normalized spacial score (nSPS) is 13.3. The molecule has 0 saturated carbocycles. The summed E-state index contributed by atoms with van der Waals surface area (Å²) < 4.78 is 0. The topological polar surface area (TPSA) is 60.2 Å². The molecule has 114 valence electrons. The van der Waals surface area contributed by atoms with E-state index in [9.17, 15) is 14.9 Å². The van der Waals surface area contributed by atoms with E-state index in [1.54, 1.807) is 30.4 Å². The number of nitrogens with zero attached hydrogens (tertiary/aromatic N) is 1. The monoisotopic (exact) mass is 325 g/mol. The molecule has 0 spiro atoms. The van der Waals surface area contributed by atoms with Crippen LogP contribution in [0.1, 0.15) is 17.9 Å². The van der Waals surface area contributed by atoms with Gasteiger partial charge < -0.3 is 4.79 Å². The first-order valence-electron chi connectivity index (χ1n) is 6.79. The highest BCUT2D eigenvalue weighted by Crippen LogP contribution is 2.27. The Balaban J connectivity index is 2.86. The Bertz CT molecular complexity index is 552. The highest BCUT2D eigenvalue weighted by molar-refractivity contribution is 7.04. The molecule has 0 saturated heterocycles. The Morgan fingerprint density at radius 1 is 1.38 bits per heavy atom. The van der Waals surface area contributed by atoms with Gasteiger partial charge in [-0.3, -0.25) is 10.1 Å². The number of carbonyl (C=O) groups excluding carboxylic acids is 1. The van der Waals surface area contributed by atoms with E-state index in [0.717, 1.165) is 5.56 Å². The molecule has 1 unspecified atom stereocenters. The highest BCUT2D eigenvalue weighted by atomic mass is 35.5. The van der Waals surface area contributed by atoms with E-state index < -0.39 is 8.07 Å². The van der Waals surface area contributed by atoms with Crippen molar-refractivity contribution in [1.29, 1.82) is 0 Å². The number of benzene rings is 1. The van der Waals surface area contributed by atoms with Crippen LogP contribution in [-0.2, 0) is 4.79 Å². The summed E-state index contributed by atoms with van der Waals surface area (Å²) in [6.45, 7) is 5.72. The number of halogens is 1. The van der Waals surface area contributed by atoms with Crippen LogP contribution in [0.2, 0.25) is 24.7 Å². The van der Waals surface area contributed by atoms with Crippen molar-refractivity contribution in [1.82, 2.24) is 0 Å². The van der Waals surface area contributed by atoms with Gasteiger partial charge in [0.05, 0.1) is 5.92 Å². The zero-order valence-electron chi connectivity index (χ0n) is 12.5. The molecule has 1 rings (SSSR count). The van der Waals surface area contributed by atoms with Crippen molar-refractivity contribution in [2.45, 2.75) is 32.0 Å². The third-order valence-corrected chi connectivity index (χ3v) is 5.13. The van der Waals surface area contributed by atoms with Crippen LogP contribution in [-0.4, -0.2) is 24.9 Å². The Morgan fingerprint density at radius 2 is 2.00 bits per heavy atom. The lowest BCUT2D eigenvalue weighted by molar-refractivity contribution is -0.483. The van der Waals surface area contributed by atoms with Crippen molar-refractivity contribution in [3.05, 3.63) is 57.1 Å². The zero-order chi connectivity index (χ0) is 16.0. The number of allylic oxidation sites excluding steroid dienone is 2. The molecule has 4 nitrogen and oxygen atoms in total. The minimum atomic E-state index is -1.84. The summed E-state index contributed by atoms with van der Waals surface area (Å²) in [6, 6.07) is 7.12. The van der Waals surface area contributed by atoms with Gasteiger partial charge in [-0.25, -0.2) is 0 Å². The number of rotatable bonds is 7. The number of carbonyl (C=O) groups is 1. The first-order chi connectivity index (χ1) is 9.71. The summed E-state index contributed by atoms with van der Waals surface area (Å²) in [5, 5.41) is 11.5. The molecule has 0 aliphatic rings. The Labute approximate surface area is 131 Å². The van der Waals surface area contributed by atoms with Crippen LogP contribution in [0.25, 0.3) is 0 Å². The van der Waals surface area contributed by atoms with Crippen LogP contribution in [0.4, 0.5) is 0 Å². The van der Waals surface area contributed by atoms with Gasteiger partial charge in [-0.2, -0.15) is 0 Å². The van der Waals surface area contributed by atoms with Crippen LogP contribution in [0.15, 0.2) is 36.4 Å². The van der Waals surface area contributed by atoms with Gasteiger partial charge in [0.25, 0.3) is 0 Å².